The van der Waals surface area contributed by atoms with Gasteiger partial charge in [0.15, 0.2) is 0 Å². The number of anilines is 1. The Bertz CT molecular complexity index is 1960. The molecule has 2 amide bonds. The number of nitrogens with one attached hydrogen (secondary N) is 1. The maximum absolute atomic E-state index is 14.8. The number of carbonyl (C=O) groups is 2. The molecule has 4 aromatic rings. The highest BCUT2D eigenvalue weighted by Gasteiger charge is 2.37. The Hall–Kier alpha value is -4.94. The van der Waals surface area contributed by atoms with E-state index in [2.05, 4.69) is 5.32 Å². The molecule has 1 fully saturated rings. The summed E-state index contributed by atoms with van der Waals surface area (Å²) in [6, 6.07) is 25.3. The van der Waals surface area contributed by atoms with E-state index in [1.807, 2.05) is 60.7 Å². The summed E-state index contributed by atoms with van der Waals surface area (Å²) in [5, 5.41) is 15.2. The van der Waals surface area contributed by atoms with Crippen LogP contribution in [0.15, 0.2) is 102 Å². The predicted octanol–water partition coefficient (Wildman–Crippen LogP) is 6.85. The van der Waals surface area contributed by atoms with Gasteiger partial charge in [-0.3, -0.25) is 24.0 Å². The van der Waals surface area contributed by atoms with Crippen LogP contribution >= 0.6 is 11.6 Å². The van der Waals surface area contributed by atoms with E-state index < -0.39 is 44.0 Å². The molecule has 1 aliphatic rings. The van der Waals surface area contributed by atoms with Gasteiger partial charge in [0.25, 0.3) is 15.7 Å². The van der Waals surface area contributed by atoms with Crippen LogP contribution in [-0.2, 0) is 32.6 Å². The molecule has 1 aliphatic carbocycles. The number of benzene rings is 4. The highest BCUT2D eigenvalue weighted by atomic mass is 35.5. The Morgan fingerprint density at radius 1 is 0.941 bits per heavy atom. The van der Waals surface area contributed by atoms with Gasteiger partial charge in [0.05, 0.1) is 22.6 Å². The number of nitro groups is 1. The highest BCUT2D eigenvalue weighted by Crippen LogP contribution is 2.36. The molecule has 51 heavy (non-hydrogen) atoms. The smallest absolute Gasteiger partial charge is 0.273 e. The quantitative estimate of drug-likeness (QED) is 0.111. The van der Waals surface area contributed by atoms with Crippen LogP contribution in [0, 0.1) is 17.0 Å². The van der Waals surface area contributed by atoms with Crippen molar-refractivity contribution in [3.8, 4) is 5.75 Å². The van der Waals surface area contributed by atoms with Crippen molar-refractivity contribution < 1.29 is 27.7 Å². The first-order valence-electron chi connectivity index (χ1n) is 16.8. The molecule has 0 aliphatic heterocycles. The van der Waals surface area contributed by atoms with Crippen molar-refractivity contribution in [3.05, 3.63) is 129 Å². The van der Waals surface area contributed by atoms with Gasteiger partial charge in [-0.1, -0.05) is 97.6 Å². The molecule has 11 nitrogen and oxygen atoms in total. The lowest BCUT2D eigenvalue weighted by atomic mass is 9.94. The minimum atomic E-state index is -4.66. The lowest BCUT2D eigenvalue weighted by Gasteiger charge is -2.35. The molecular weight excluding hydrogens is 692 g/mol. The first kappa shape index (κ1) is 37.3. The van der Waals surface area contributed by atoms with E-state index in [1.165, 1.54) is 49.3 Å². The van der Waals surface area contributed by atoms with Crippen molar-refractivity contribution in [1.29, 1.82) is 0 Å². The summed E-state index contributed by atoms with van der Waals surface area (Å²) in [6.07, 6.45) is 4.92. The fraction of sp³-hybridized carbons (Fsp3) is 0.316. The van der Waals surface area contributed by atoms with Crippen LogP contribution in [0.25, 0.3) is 0 Å². The molecule has 0 saturated heterocycles. The summed E-state index contributed by atoms with van der Waals surface area (Å²) < 4.78 is 35.4. The Kier molecular flexibility index (Phi) is 12.3. The number of hydrogen-bond acceptors (Lipinski definition) is 7. The van der Waals surface area contributed by atoms with Crippen molar-refractivity contribution in [2.45, 2.75) is 69.0 Å². The van der Waals surface area contributed by atoms with Crippen LogP contribution < -0.4 is 14.4 Å². The van der Waals surface area contributed by atoms with Crippen molar-refractivity contribution >= 4 is 44.8 Å². The van der Waals surface area contributed by atoms with Crippen LogP contribution in [0.5, 0.6) is 5.75 Å². The second-order valence-electron chi connectivity index (χ2n) is 12.6. The number of sulfonamides is 1. The van der Waals surface area contributed by atoms with Crippen LogP contribution in [0.1, 0.15) is 48.8 Å². The molecule has 4 aromatic carbocycles. The number of amides is 2. The largest absolute Gasteiger partial charge is 0.495 e. The second-order valence-corrected chi connectivity index (χ2v) is 14.9. The van der Waals surface area contributed by atoms with Gasteiger partial charge in [0, 0.05) is 35.7 Å². The number of nitro benzene ring substituents is 1. The van der Waals surface area contributed by atoms with Crippen molar-refractivity contribution in [2.24, 2.45) is 0 Å². The first-order valence-corrected chi connectivity index (χ1v) is 18.6. The maximum atomic E-state index is 14.8. The molecule has 0 bridgehead atoms. The zero-order chi connectivity index (χ0) is 36.5. The molecule has 1 saturated carbocycles. The Morgan fingerprint density at radius 2 is 1.59 bits per heavy atom. The lowest BCUT2D eigenvalue weighted by molar-refractivity contribution is -0.385. The Labute approximate surface area is 303 Å². The molecule has 0 spiro atoms. The molecule has 0 aromatic heterocycles. The summed E-state index contributed by atoms with van der Waals surface area (Å²) >= 11 is 6.37. The molecule has 13 heteroatoms. The second kappa shape index (κ2) is 16.8. The van der Waals surface area contributed by atoms with Crippen LogP contribution in [0.3, 0.4) is 0 Å². The molecule has 0 radical (unpaired) electrons. The molecular formula is C38H41ClN4O7S. The summed E-state index contributed by atoms with van der Waals surface area (Å²) in [6.45, 7) is 0.740. The Morgan fingerprint density at radius 3 is 2.22 bits per heavy atom. The summed E-state index contributed by atoms with van der Waals surface area (Å²) in [5.41, 5.74) is 1.38. The highest BCUT2D eigenvalue weighted by molar-refractivity contribution is 7.92. The lowest BCUT2D eigenvalue weighted by Crippen LogP contribution is -2.55. The topological polar surface area (TPSA) is 139 Å². The van der Waals surface area contributed by atoms with Crippen LogP contribution in [0.2, 0.25) is 5.02 Å². The number of methoxy groups -OCH3 is 1. The molecule has 5 rings (SSSR count). The minimum Gasteiger partial charge on any atom is -0.495 e. The maximum Gasteiger partial charge on any atom is 0.273 e. The molecule has 0 heterocycles. The number of halogens is 1. The van der Waals surface area contributed by atoms with Gasteiger partial charge in [0.1, 0.15) is 18.3 Å². The number of nitrogens with zero attached hydrogens (tertiary/aromatic N) is 3. The average molecular weight is 733 g/mol. The zero-order valence-corrected chi connectivity index (χ0v) is 30.1. The van der Waals surface area contributed by atoms with Crippen molar-refractivity contribution in [2.75, 3.05) is 18.0 Å². The van der Waals surface area contributed by atoms with E-state index >= 15 is 0 Å². The van der Waals surface area contributed by atoms with Crippen LogP contribution in [-0.4, -0.2) is 55.8 Å². The van der Waals surface area contributed by atoms with E-state index in [9.17, 15) is 28.1 Å². The third-order valence-electron chi connectivity index (χ3n) is 9.07. The third-order valence-corrected chi connectivity index (χ3v) is 11.1. The van der Waals surface area contributed by atoms with Gasteiger partial charge >= 0.3 is 0 Å². The minimum absolute atomic E-state index is 0.00579. The summed E-state index contributed by atoms with van der Waals surface area (Å²) in [5.74, 6) is -0.910. The van der Waals surface area contributed by atoms with Gasteiger partial charge in [-0.2, -0.15) is 0 Å². The number of ether oxygens (including phenoxy) is 1. The van der Waals surface area contributed by atoms with E-state index in [-0.39, 0.29) is 46.9 Å². The first-order chi connectivity index (χ1) is 24.5. The van der Waals surface area contributed by atoms with Gasteiger partial charge in [-0.05, 0) is 55.2 Å². The number of aryl methyl sites for hydroxylation is 1. The van der Waals surface area contributed by atoms with Crippen LogP contribution in [0.4, 0.5) is 11.4 Å². The number of carbonyl (C=O) groups excluding carboxylic acids is 2. The SMILES string of the molecule is COc1ccc(Cl)cc1N(CC(=O)N(Cc1ccccc1)[C@@H](Cc1ccccc1)C(=O)NC1CCCCC1)S(=O)(=O)c1ccc(C)c([N+](=O)[O-])c1. The number of rotatable bonds is 14. The Balaban J connectivity index is 1.62. The summed E-state index contributed by atoms with van der Waals surface area (Å²) in [4.78, 5) is 41.2. The van der Waals surface area contributed by atoms with E-state index in [0.717, 1.165) is 53.6 Å². The zero-order valence-electron chi connectivity index (χ0n) is 28.5. The fourth-order valence-corrected chi connectivity index (χ4v) is 7.93. The molecule has 1 atom stereocenters. The molecule has 0 unspecified atom stereocenters. The standard InChI is InChI=1S/C38H41ClN4O7S/c1-27-18-20-32(24-33(27)43(46)47)51(48,49)42(34-23-30(39)19-21-36(34)50-2)26-37(44)41(25-29-14-8-4-9-15-29)35(22-28-12-6-3-7-13-28)38(45)40-31-16-10-5-11-17-31/h3-4,6-9,12-15,18-21,23-24,31,35H,5,10-11,16-17,22,25-26H2,1-2H3,(H,40,45)/t35-/m0/s1. The van der Waals surface area contributed by atoms with Gasteiger partial charge in [-0.15, -0.1) is 0 Å². The third kappa shape index (κ3) is 9.25. The predicted molar refractivity (Wildman–Crippen MR) is 196 cm³/mol. The van der Waals surface area contributed by atoms with E-state index in [1.54, 1.807) is 0 Å². The fourth-order valence-electron chi connectivity index (χ4n) is 6.32. The van der Waals surface area contributed by atoms with Crippen molar-refractivity contribution in [3.63, 3.8) is 0 Å². The van der Waals surface area contributed by atoms with Crippen molar-refractivity contribution in [1.82, 2.24) is 10.2 Å². The van der Waals surface area contributed by atoms with E-state index in [4.69, 9.17) is 16.3 Å². The van der Waals surface area contributed by atoms with E-state index in [0.29, 0.717) is 0 Å². The molecule has 1 N–H and O–H groups in total. The summed E-state index contributed by atoms with van der Waals surface area (Å²) in [7, 11) is -3.31. The molecule has 268 valence electrons. The average Bonchev–Trinajstić information content (AvgIpc) is 3.13. The van der Waals surface area contributed by atoms with Gasteiger partial charge in [-0.25, -0.2) is 8.42 Å². The van der Waals surface area contributed by atoms with Gasteiger partial charge < -0.3 is 15.0 Å². The van der Waals surface area contributed by atoms with Gasteiger partial charge in [0.2, 0.25) is 11.8 Å². The monoisotopic (exact) mass is 732 g/mol. The number of hydrogen-bond donors (Lipinski definition) is 1. The normalized spacial score (nSPS) is 13.9.